The van der Waals surface area contributed by atoms with Gasteiger partial charge in [0.1, 0.15) is 11.9 Å². The first-order chi connectivity index (χ1) is 18.2. The van der Waals surface area contributed by atoms with E-state index in [-0.39, 0.29) is 36.3 Å². The van der Waals surface area contributed by atoms with Crippen LogP contribution in [-0.4, -0.2) is 30.5 Å². The molecule has 7 nitrogen and oxygen atoms in total. The van der Waals surface area contributed by atoms with Gasteiger partial charge in [-0.2, -0.15) is 10.2 Å². The molecule has 196 valence electrons. The molecule has 1 aliphatic heterocycles. The number of hydrogen-bond acceptors (Lipinski definition) is 5. The lowest BCUT2D eigenvalue weighted by atomic mass is 9.81. The number of anilines is 1. The minimum absolute atomic E-state index is 0.0187. The van der Waals surface area contributed by atoms with Crippen LogP contribution in [-0.2, 0) is 20.0 Å². The Morgan fingerprint density at radius 3 is 2.76 bits per heavy atom. The predicted molar refractivity (Wildman–Crippen MR) is 135 cm³/mol. The van der Waals surface area contributed by atoms with Gasteiger partial charge in [0.25, 0.3) is 0 Å². The molecule has 1 aromatic carbocycles. The molecule has 10 heteroatoms. The lowest BCUT2D eigenvalue weighted by molar-refractivity contribution is -0.114. The Morgan fingerprint density at radius 2 is 1.97 bits per heavy atom. The second kappa shape index (κ2) is 8.09. The van der Waals surface area contributed by atoms with Gasteiger partial charge < -0.3 is 10.5 Å². The summed E-state index contributed by atoms with van der Waals surface area (Å²) < 4.78 is 51.8. The molecule has 0 radical (unpaired) electrons. The van der Waals surface area contributed by atoms with E-state index >= 15 is 0 Å². The monoisotopic (exact) mass is 520 g/mol. The third-order valence-electron chi connectivity index (χ3n) is 8.09. The molecule has 1 fully saturated rings. The number of nitrogen functional groups attached to an aromatic ring is 1. The Kier molecular flexibility index (Phi) is 4.96. The van der Waals surface area contributed by atoms with Crippen molar-refractivity contribution in [1.82, 2.24) is 24.5 Å². The average molecular weight is 521 g/mol. The number of hydrogen-bond donors (Lipinski definition) is 1. The van der Waals surface area contributed by atoms with Gasteiger partial charge in [0, 0.05) is 72.6 Å². The number of pyridine rings is 1. The Bertz CT molecular complexity index is 1580. The van der Waals surface area contributed by atoms with E-state index in [2.05, 4.69) is 4.98 Å². The molecular weight excluding hydrogens is 493 g/mol. The largest absolute Gasteiger partial charge is 0.482 e. The molecule has 0 spiro atoms. The molecular formula is C28H27F3N6O. The first kappa shape index (κ1) is 23.3. The van der Waals surface area contributed by atoms with Crippen LogP contribution < -0.4 is 10.5 Å². The lowest BCUT2D eigenvalue weighted by Crippen LogP contribution is -2.38. The highest BCUT2D eigenvalue weighted by atomic mass is 19.3. The highest BCUT2D eigenvalue weighted by Gasteiger charge is 2.46. The SMILES string of the molecule is C[C@H]1Oc2cc(cnc2N)-c2c3c(nn2CC2CC(F)(F)C2)CCC3c2cn(C)nc2-c2ccc(F)cc21. The summed E-state index contributed by atoms with van der Waals surface area (Å²) in [5.74, 6) is -2.54. The number of nitrogens with two attached hydrogens (primary N) is 1. The van der Waals surface area contributed by atoms with Gasteiger partial charge in [-0.25, -0.2) is 18.2 Å². The zero-order valence-electron chi connectivity index (χ0n) is 21.1. The molecule has 4 aromatic rings. The highest BCUT2D eigenvalue weighted by molar-refractivity contribution is 5.74. The molecule has 2 N–H and O–H groups in total. The zero-order valence-corrected chi connectivity index (χ0v) is 21.1. The Morgan fingerprint density at radius 1 is 1.16 bits per heavy atom. The summed E-state index contributed by atoms with van der Waals surface area (Å²) in [7, 11) is 1.87. The van der Waals surface area contributed by atoms with Crippen LogP contribution in [0.5, 0.6) is 5.75 Å². The van der Waals surface area contributed by atoms with E-state index in [1.165, 1.54) is 12.1 Å². The molecule has 7 rings (SSSR count). The van der Waals surface area contributed by atoms with Crippen molar-refractivity contribution in [3.05, 3.63) is 64.9 Å². The van der Waals surface area contributed by atoms with E-state index in [4.69, 9.17) is 20.7 Å². The van der Waals surface area contributed by atoms with Gasteiger partial charge in [0.05, 0.1) is 17.1 Å². The van der Waals surface area contributed by atoms with Crippen molar-refractivity contribution in [3.63, 3.8) is 0 Å². The van der Waals surface area contributed by atoms with Crippen LogP contribution in [0.3, 0.4) is 0 Å². The summed E-state index contributed by atoms with van der Waals surface area (Å²) in [6, 6.07) is 6.50. The lowest BCUT2D eigenvalue weighted by Gasteiger charge is -2.35. The number of ether oxygens (including phenoxy) is 1. The summed E-state index contributed by atoms with van der Waals surface area (Å²) in [6.07, 6.45) is 4.49. The molecule has 2 atom stereocenters. The Labute approximate surface area is 217 Å². The maximum absolute atomic E-state index is 14.5. The predicted octanol–water partition coefficient (Wildman–Crippen LogP) is 5.64. The number of benzene rings is 1. The standard InChI is InChI=1S/C28H27F3N6O/c1-14-20-8-17(29)3-4-19(20)25-21(13-36(2)35-25)18-5-6-22-24(18)26(16-7-23(38-14)27(32)33-11-16)37(34-22)12-15-9-28(30,31)10-15/h3-4,7-8,11,13-15,18H,5-6,9-10,12H2,1-2H3,(H2,32,33)/t14-,18?/m1/s1. The van der Waals surface area contributed by atoms with Crippen LogP contribution in [0.15, 0.2) is 36.7 Å². The number of alkyl halides is 2. The van der Waals surface area contributed by atoms with Crippen LogP contribution in [0.25, 0.3) is 22.5 Å². The fourth-order valence-electron chi connectivity index (χ4n) is 6.40. The van der Waals surface area contributed by atoms with Gasteiger partial charge in [-0.3, -0.25) is 9.36 Å². The normalized spacial score (nSPS) is 21.4. The molecule has 3 aromatic heterocycles. The topological polar surface area (TPSA) is 83.8 Å². The van der Waals surface area contributed by atoms with Crippen LogP contribution >= 0.6 is 0 Å². The highest BCUT2D eigenvalue weighted by Crippen LogP contribution is 2.49. The molecule has 3 aliphatic rings. The maximum atomic E-state index is 14.5. The summed E-state index contributed by atoms with van der Waals surface area (Å²) in [5.41, 5.74) is 13.1. The molecule has 2 aliphatic carbocycles. The minimum Gasteiger partial charge on any atom is -0.482 e. The van der Waals surface area contributed by atoms with Crippen molar-refractivity contribution >= 4 is 5.82 Å². The van der Waals surface area contributed by atoms with Crippen molar-refractivity contribution < 1.29 is 17.9 Å². The van der Waals surface area contributed by atoms with Crippen molar-refractivity contribution in [3.8, 4) is 28.3 Å². The number of aryl methyl sites for hydroxylation is 2. The molecule has 0 amide bonds. The number of halogens is 3. The van der Waals surface area contributed by atoms with Crippen LogP contribution in [0.4, 0.5) is 19.0 Å². The van der Waals surface area contributed by atoms with Gasteiger partial charge in [-0.05, 0) is 49.9 Å². The van der Waals surface area contributed by atoms with Crippen molar-refractivity contribution in [2.24, 2.45) is 13.0 Å². The first-order valence-electron chi connectivity index (χ1n) is 12.9. The van der Waals surface area contributed by atoms with E-state index in [0.717, 1.165) is 52.2 Å². The van der Waals surface area contributed by atoms with Gasteiger partial charge in [-0.15, -0.1) is 0 Å². The van der Waals surface area contributed by atoms with Crippen LogP contribution in [0.2, 0.25) is 0 Å². The van der Waals surface area contributed by atoms with Gasteiger partial charge in [0.2, 0.25) is 5.92 Å². The summed E-state index contributed by atoms with van der Waals surface area (Å²) in [4.78, 5) is 4.42. The molecule has 1 saturated carbocycles. The number of nitrogens with zero attached hydrogens (tertiary/aromatic N) is 5. The second-order valence-electron chi connectivity index (χ2n) is 10.8. The maximum Gasteiger partial charge on any atom is 0.248 e. The summed E-state index contributed by atoms with van der Waals surface area (Å²) >= 11 is 0. The number of rotatable bonds is 2. The van der Waals surface area contributed by atoms with Gasteiger partial charge >= 0.3 is 0 Å². The third-order valence-corrected chi connectivity index (χ3v) is 8.09. The Hall–Kier alpha value is -3.82. The quantitative estimate of drug-likeness (QED) is 0.370. The second-order valence-corrected chi connectivity index (χ2v) is 10.8. The summed E-state index contributed by atoms with van der Waals surface area (Å²) in [6.45, 7) is 2.25. The van der Waals surface area contributed by atoms with E-state index < -0.39 is 12.0 Å². The van der Waals surface area contributed by atoms with Crippen molar-refractivity contribution in [1.29, 1.82) is 0 Å². The van der Waals surface area contributed by atoms with Gasteiger partial charge in [-0.1, -0.05) is 0 Å². The van der Waals surface area contributed by atoms with Gasteiger partial charge in [0.15, 0.2) is 11.6 Å². The van der Waals surface area contributed by atoms with E-state index in [0.29, 0.717) is 17.9 Å². The average Bonchev–Trinajstić information content (AvgIpc) is 3.52. The smallest absolute Gasteiger partial charge is 0.248 e. The molecule has 4 heterocycles. The van der Waals surface area contributed by atoms with E-state index in [1.807, 2.05) is 30.9 Å². The molecule has 38 heavy (non-hydrogen) atoms. The fraction of sp³-hybridized carbons (Fsp3) is 0.393. The van der Waals surface area contributed by atoms with Crippen molar-refractivity contribution in [2.45, 2.75) is 57.1 Å². The van der Waals surface area contributed by atoms with Crippen LogP contribution in [0, 0.1) is 11.7 Å². The van der Waals surface area contributed by atoms with Crippen LogP contribution in [0.1, 0.15) is 60.6 Å². The minimum atomic E-state index is -2.60. The fourth-order valence-corrected chi connectivity index (χ4v) is 6.40. The van der Waals surface area contributed by atoms with E-state index in [1.54, 1.807) is 16.9 Å². The third kappa shape index (κ3) is 3.60. The Balaban J connectivity index is 1.47. The molecule has 0 saturated heterocycles. The number of fused-ring (bicyclic) bond motifs is 7. The van der Waals surface area contributed by atoms with Crippen molar-refractivity contribution in [2.75, 3.05) is 5.73 Å². The zero-order chi connectivity index (χ0) is 26.3. The number of aromatic nitrogens is 5. The molecule has 2 bridgehead atoms. The first-order valence-corrected chi connectivity index (χ1v) is 12.9. The van der Waals surface area contributed by atoms with E-state index in [9.17, 15) is 13.2 Å². The summed E-state index contributed by atoms with van der Waals surface area (Å²) in [5, 5.41) is 9.74. The molecule has 1 unspecified atom stereocenters.